The van der Waals surface area contributed by atoms with Gasteiger partial charge in [-0.05, 0) is 6.92 Å². The molecule has 0 fully saturated rings. The number of alkyl halides is 1. The Kier molecular flexibility index (Phi) is 2.58. The molecule has 0 aromatic carbocycles. The Morgan fingerprint density at radius 3 is 3.00 bits per heavy atom. The van der Waals surface area contributed by atoms with Crippen molar-refractivity contribution in [2.24, 2.45) is 0 Å². The number of hydrogen-bond acceptors (Lipinski definition) is 5. The summed E-state index contributed by atoms with van der Waals surface area (Å²) in [7, 11) is 0. The van der Waals surface area contributed by atoms with E-state index in [1.807, 2.05) is 6.92 Å². The highest BCUT2D eigenvalue weighted by Crippen LogP contribution is 2.07. The van der Waals surface area contributed by atoms with Crippen LogP contribution in [0.25, 0.3) is 0 Å². The first-order chi connectivity index (χ1) is 6.81. The highest BCUT2D eigenvalue weighted by molar-refractivity contribution is 9.08. The molecule has 0 radical (unpaired) electrons. The van der Waals surface area contributed by atoms with Gasteiger partial charge in [0, 0.05) is 5.33 Å². The van der Waals surface area contributed by atoms with Crippen molar-refractivity contribution in [2.45, 2.75) is 18.8 Å². The lowest BCUT2D eigenvalue weighted by Gasteiger charge is -1.99. The molecule has 2 aromatic rings. The monoisotopic (exact) mass is 257 g/mol. The highest BCUT2D eigenvalue weighted by Gasteiger charge is 2.09. The largest absolute Gasteiger partial charge is 0.244 e. The van der Waals surface area contributed by atoms with Crippen LogP contribution < -0.4 is 0 Å². The van der Waals surface area contributed by atoms with Crippen molar-refractivity contribution in [3.05, 3.63) is 23.3 Å². The molecule has 7 heteroatoms. The van der Waals surface area contributed by atoms with Crippen LogP contribution >= 0.6 is 15.9 Å². The van der Waals surface area contributed by atoms with Gasteiger partial charge in [0.05, 0.1) is 18.4 Å². The fourth-order valence-electron chi connectivity index (χ4n) is 1.05. The van der Waals surface area contributed by atoms with E-state index in [1.54, 1.807) is 10.9 Å². The second-order valence-electron chi connectivity index (χ2n) is 2.81. The standard InChI is InChI=1S/C7H8BrN5O/c1-5-7(11-14-10-5)4-13-6(2-8)3-9-12-13/h3H,2,4H2,1H3. The summed E-state index contributed by atoms with van der Waals surface area (Å²) in [5.41, 5.74) is 2.55. The van der Waals surface area contributed by atoms with E-state index in [1.165, 1.54) is 0 Å². The number of hydrogen-bond donors (Lipinski definition) is 0. The number of nitrogens with zero attached hydrogens (tertiary/aromatic N) is 5. The Morgan fingerprint density at radius 2 is 2.36 bits per heavy atom. The van der Waals surface area contributed by atoms with E-state index in [0.29, 0.717) is 11.9 Å². The molecule has 0 bridgehead atoms. The van der Waals surface area contributed by atoms with Crippen LogP contribution in [-0.2, 0) is 11.9 Å². The van der Waals surface area contributed by atoms with E-state index in [9.17, 15) is 0 Å². The van der Waals surface area contributed by atoms with Crippen LogP contribution in [0.2, 0.25) is 0 Å². The Bertz CT molecular complexity index is 423. The summed E-state index contributed by atoms with van der Waals surface area (Å²) in [4.78, 5) is 0. The lowest BCUT2D eigenvalue weighted by molar-refractivity contribution is 0.300. The molecular weight excluding hydrogens is 250 g/mol. The van der Waals surface area contributed by atoms with E-state index in [-0.39, 0.29) is 0 Å². The summed E-state index contributed by atoms with van der Waals surface area (Å²) in [6.45, 7) is 2.38. The lowest BCUT2D eigenvalue weighted by Crippen LogP contribution is -2.06. The van der Waals surface area contributed by atoms with E-state index in [2.05, 4.69) is 41.2 Å². The molecule has 2 rings (SSSR count). The Morgan fingerprint density at radius 1 is 1.50 bits per heavy atom. The first-order valence-electron chi connectivity index (χ1n) is 4.02. The molecule has 0 aliphatic heterocycles. The number of aromatic nitrogens is 5. The minimum absolute atomic E-state index is 0.538. The van der Waals surface area contributed by atoms with Crippen molar-refractivity contribution < 1.29 is 4.63 Å². The Labute approximate surface area is 88.4 Å². The fourth-order valence-corrected chi connectivity index (χ4v) is 1.48. The molecule has 14 heavy (non-hydrogen) atoms. The van der Waals surface area contributed by atoms with Gasteiger partial charge in [0.25, 0.3) is 0 Å². The van der Waals surface area contributed by atoms with Gasteiger partial charge in [0.2, 0.25) is 0 Å². The zero-order valence-corrected chi connectivity index (χ0v) is 9.10. The number of halogens is 1. The third-order valence-corrected chi connectivity index (χ3v) is 2.46. The van der Waals surface area contributed by atoms with E-state index in [0.717, 1.165) is 17.1 Å². The topological polar surface area (TPSA) is 69.6 Å². The molecule has 0 aliphatic carbocycles. The van der Waals surface area contributed by atoms with Gasteiger partial charge < -0.3 is 0 Å². The first kappa shape index (κ1) is 9.32. The van der Waals surface area contributed by atoms with Crippen molar-refractivity contribution in [1.29, 1.82) is 0 Å². The second-order valence-corrected chi connectivity index (χ2v) is 3.37. The average Bonchev–Trinajstić information content (AvgIpc) is 2.77. The highest BCUT2D eigenvalue weighted by atomic mass is 79.9. The summed E-state index contributed by atoms with van der Waals surface area (Å²) in [6.07, 6.45) is 1.71. The van der Waals surface area contributed by atoms with Crippen LogP contribution in [0.5, 0.6) is 0 Å². The molecule has 74 valence electrons. The quantitative estimate of drug-likeness (QED) is 0.765. The third kappa shape index (κ3) is 1.67. The summed E-state index contributed by atoms with van der Waals surface area (Å²) in [5, 5.41) is 15.9. The van der Waals surface area contributed by atoms with Gasteiger partial charge in [-0.3, -0.25) is 0 Å². The van der Waals surface area contributed by atoms with Gasteiger partial charge >= 0.3 is 0 Å². The molecule has 0 unspecified atom stereocenters. The smallest absolute Gasteiger partial charge is 0.129 e. The van der Waals surface area contributed by atoms with Crippen LogP contribution in [-0.4, -0.2) is 25.3 Å². The van der Waals surface area contributed by atoms with Crippen LogP contribution in [0.4, 0.5) is 0 Å². The fraction of sp³-hybridized carbons (Fsp3) is 0.429. The van der Waals surface area contributed by atoms with Gasteiger partial charge in [0.1, 0.15) is 11.4 Å². The Balaban J connectivity index is 2.22. The second kappa shape index (κ2) is 3.87. The van der Waals surface area contributed by atoms with Crippen LogP contribution in [0, 0.1) is 6.92 Å². The van der Waals surface area contributed by atoms with Crippen molar-refractivity contribution in [3.8, 4) is 0 Å². The maximum Gasteiger partial charge on any atom is 0.129 e. The van der Waals surface area contributed by atoms with Gasteiger partial charge in [-0.1, -0.05) is 31.5 Å². The number of aryl methyl sites for hydroxylation is 1. The predicted octanol–water partition coefficient (Wildman–Crippen LogP) is 0.913. The normalized spacial score (nSPS) is 10.7. The van der Waals surface area contributed by atoms with Gasteiger partial charge in [-0.2, -0.15) is 0 Å². The van der Waals surface area contributed by atoms with E-state index >= 15 is 0 Å². The first-order valence-corrected chi connectivity index (χ1v) is 5.14. The summed E-state index contributed by atoms with van der Waals surface area (Å²) in [6, 6.07) is 0. The van der Waals surface area contributed by atoms with Crippen LogP contribution in [0.3, 0.4) is 0 Å². The molecule has 2 heterocycles. The SMILES string of the molecule is Cc1nonc1Cn1nncc1CBr. The molecule has 0 saturated heterocycles. The molecule has 2 aromatic heterocycles. The van der Waals surface area contributed by atoms with Crippen molar-refractivity contribution in [1.82, 2.24) is 25.3 Å². The van der Waals surface area contributed by atoms with E-state index in [4.69, 9.17) is 0 Å². The minimum atomic E-state index is 0.538. The molecule has 0 N–H and O–H groups in total. The maximum atomic E-state index is 4.59. The predicted molar refractivity (Wildman–Crippen MR) is 50.8 cm³/mol. The Hall–Kier alpha value is -1.24. The molecule has 0 saturated carbocycles. The van der Waals surface area contributed by atoms with Crippen LogP contribution in [0.15, 0.2) is 10.8 Å². The third-order valence-electron chi connectivity index (χ3n) is 1.88. The summed E-state index contributed by atoms with van der Waals surface area (Å²) >= 11 is 3.35. The van der Waals surface area contributed by atoms with E-state index < -0.39 is 0 Å². The van der Waals surface area contributed by atoms with Gasteiger partial charge in [-0.15, -0.1) is 5.10 Å². The van der Waals surface area contributed by atoms with Crippen LogP contribution in [0.1, 0.15) is 17.1 Å². The van der Waals surface area contributed by atoms with Gasteiger partial charge in [-0.25, -0.2) is 9.31 Å². The molecule has 0 aliphatic rings. The maximum absolute atomic E-state index is 4.59. The molecule has 0 amide bonds. The molecule has 6 nitrogen and oxygen atoms in total. The summed E-state index contributed by atoms with van der Waals surface area (Å²) in [5.74, 6) is 0. The number of rotatable bonds is 3. The minimum Gasteiger partial charge on any atom is -0.244 e. The van der Waals surface area contributed by atoms with Gasteiger partial charge in [0.15, 0.2) is 0 Å². The average molecular weight is 258 g/mol. The van der Waals surface area contributed by atoms with Crippen molar-refractivity contribution >= 4 is 15.9 Å². The van der Waals surface area contributed by atoms with Crippen molar-refractivity contribution in [3.63, 3.8) is 0 Å². The lowest BCUT2D eigenvalue weighted by atomic mass is 10.3. The molecule has 0 atom stereocenters. The zero-order chi connectivity index (χ0) is 9.97. The summed E-state index contributed by atoms with van der Waals surface area (Å²) < 4.78 is 6.35. The zero-order valence-electron chi connectivity index (χ0n) is 7.51. The van der Waals surface area contributed by atoms with Crippen molar-refractivity contribution in [2.75, 3.05) is 0 Å². The molecule has 0 spiro atoms. The molecular formula is C7H8BrN5O.